The second kappa shape index (κ2) is 5.16. The Hall–Kier alpha value is -2.29. The lowest BCUT2D eigenvalue weighted by Gasteiger charge is -2.00. The molecule has 0 saturated heterocycles. The van der Waals surface area contributed by atoms with Crippen molar-refractivity contribution in [1.29, 1.82) is 0 Å². The van der Waals surface area contributed by atoms with Crippen molar-refractivity contribution in [3.05, 3.63) is 59.7 Å². The van der Waals surface area contributed by atoms with Gasteiger partial charge in [-0.05, 0) is 17.7 Å². The number of rotatable bonds is 3. The second-order valence-corrected chi connectivity index (χ2v) is 3.67. The fourth-order valence-corrected chi connectivity index (χ4v) is 1.49. The number of nitrogens with zero attached hydrogens (tertiary/aromatic N) is 1. The first kappa shape index (κ1) is 11.2. The Labute approximate surface area is 99.7 Å². The first-order chi connectivity index (χ1) is 8.27. The van der Waals surface area contributed by atoms with Crippen LogP contribution >= 0.6 is 0 Å². The van der Waals surface area contributed by atoms with Crippen molar-refractivity contribution in [3.8, 4) is 11.5 Å². The number of para-hydroxylation sites is 1. The maximum atomic E-state index is 9.55. The van der Waals surface area contributed by atoms with Gasteiger partial charge in [0, 0.05) is 11.8 Å². The van der Waals surface area contributed by atoms with Crippen molar-refractivity contribution in [1.82, 2.24) is 0 Å². The Bertz CT molecular complexity index is 521. The molecule has 0 radical (unpaired) electrons. The van der Waals surface area contributed by atoms with Crippen molar-refractivity contribution >= 4 is 6.21 Å². The number of benzene rings is 2. The molecule has 2 N–H and O–H groups in total. The molecule has 0 aliphatic heterocycles. The van der Waals surface area contributed by atoms with E-state index in [1.54, 1.807) is 18.3 Å². The van der Waals surface area contributed by atoms with Crippen molar-refractivity contribution in [2.75, 3.05) is 0 Å². The Morgan fingerprint density at radius 1 is 0.941 bits per heavy atom. The van der Waals surface area contributed by atoms with Gasteiger partial charge in [0.15, 0.2) is 11.5 Å². The third kappa shape index (κ3) is 2.84. The van der Waals surface area contributed by atoms with E-state index >= 15 is 0 Å². The van der Waals surface area contributed by atoms with Gasteiger partial charge in [-0.25, -0.2) is 0 Å². The lowest BCUT2D eigenvalue weighted by molar-refractivity contribution is 0.403. The summed E-state index contributed by atoms with van der Waals surface area (Å²) < 4.78 is 0. The van der Waals surface area contributed by atoms with E-state index < -0.39 is 0 Å². The fourth-order valence-electron chi connectivity index (χ4n) is 1.49. The van der Waals surface area contributed by atoms with Crippen LogP contribution in [-0.4, -0.2) is 16.4 Å². The molecule has 2 rings (SSSR count). The van der Waals surface area contributed by atoms with Crippen LogP contribution in [-0.2, 0) is 6.54 Å². The SMILES string of the molecule is Oc1cccc(C=NCc2ccccc2)c1O. The second-order valence-electron chi connectivity index (χ2n) is 3.67. The van der Waals surface area contributed by atoms with Crippen molar-refractivity contribution in [3.63, 3.8) is 0 Å². The summed E-state index contributed by atoms with van der Waals surface area (Å²) in [4.78, 5) is 4.22. The van der Waals surface area contributed by atoms with E-state index in [0.717, 1.165) is 5.56 Å². The lowest BCUT2D eigenvalue weighted by Crippen LogP contribution is -1.85. The highest BCUT2D eigenvalue weighted by Gasteiger charge is 2.02. The minimum Gasteiger partial charge on any atom is -0.504 e. The summed E-state index contributed by atoms with van der Waals surface area (Å²) in [6.45, 7) is 0.552. The largest absolute Gasteiger partial charge is 0.504 e. The number of aromatic hydroxyl groups is 2. The molecule has 0 amide bonds. The van der Waals surface area contributed by atoms with E-state index in [0.29, 0.717) is 12.1 Å². The van der Waals surface area contributed by atoms with Gasteiger partial charge in [-0.15, -0.1) is 0 Å². The van der Waals surface area contributed by atoms with Crippen LogP contribution in [0.3, 0.4) is 0 Å². The van der Waals surface area contributed by atoms with E-state index in [-0.39, 0.29) is 11.5 Å². The van der Waals surface area contributed by atoms with Gasteiger partial charge in [0.2, 0.25) is 0 Å². The quantitative estimate of drug-likeness (QED) is 0.625. The van der Waals surface area contributed by atoms with Gasteiger partial charge in [-0.2, -0.15) is 0 Å². The molecule has 2 aromatic carbocycles. The van der Waals surface area contributed by atoms with E-state index in [1.807, 2.05) is 30.3 Å². The van der Waals surface area contributed by atoms with Crippen LogP contribution in [0.5, 0.6) is 11.5 Å². The van der Waals surface area contributed by atoms with E-state index in [1.165, 1.54) is 6.07 Å². The normalized spacial score (nSPS) is 10.8. The zero-order valence-electron chi connectivity index (χ0n) is 9.24. The molecule has 0 bridgehead atoms. The molecule has 0 fully saturated rings. The Balaban J connectivity index is 2.09. The van der Waals surface area contributed by atoms with Crippen molar-refractivity contribution in [2.24, 2.45) is 4.99 Å². The van der Waals surface area contributed by atoms with Crippen LogP contribution in [0.25, 0.3) is 0 Å². The maximum Gasteiger partial charge on any atom is 0.166 e. The van der Waals surface area contributed by atoms with Crippen molar-refractivity contribution < 1.29 is 10.2 Å². The minimum atomic E-state index is -0.135. The molecule has 0 aliphatic rings. The Kier molecular flexibility index (Phi) is 3.40. The zero-order chi connectivity index (χ0) is 12.1. The van der Waals surface area contributed by atoms with Crippen molar-refractivity contribution in [2.45, 2.75) is 6.54 Å². The molecule has 0 saturated carbocycles. The van der Waals surface area contributed by atoms with Gasteiger partial charge in [0.1, 0.15) is 0 Å². The molecule has 17 heavy (non-hydrogen) atoms. The smallest absolute Gasteiger partial charge is 0.166 e. The van der Waals surface area contributed by atoms with Crippen LogP contribution in [0.1, 0.15) is 11.1 Å². The van der Waals surface area contributed by atoms with Gasteiger partial charge >= 0.3 is 0 Å². The molecule has 0 aliphatic carbocycles. The molecular formula is C14H13NO2. The van der Waals surface area contributed by atoms with Gasteiger partial charge in [0.25, 0.3) is 0 Å². The third-order valence-electron chi connectivity index (χ3n) is 2.39. The third-order valence-corrected chi connectivity index (χ3v) is 2.39. The summed E-state index contributed by atoms with van der Waals surface area (Å²) in [7, 11) is 0. The topological polar surface area (TPSA) is 52.8 Å². The van der Waals surface area contributed by atoms with Gasteiger partial charge in [-0.3, -0.25) is 4.99 Å². The number of hydrogen-bond acceptors (Lipinski definition) is 3. The summed E-state index contributed by atoms with van der Waals surface area (Å²) in [5.74, 6) is -0.266. The highest BCUT2D eigenvalue weighted by molar-refractivity contribution is 5.84. The molecule has 0 atom stereocenters. The molecule has 0 heterocycles. The number of aliphatic imine (C=N–C) groups is 1. The van der Waals surface area contributed by atoms with Gasteiger partial charge < -0.3 is 10.2 Å². The van der Waals surface area contributed by atoms with E-state index in [4.69, 9.17) is 0 Å². The molecular weight excluding hydrogens is 214 g/mol. The monoisotopic (exact) mass is 227 g/mol. The molecule has 3 nitrogen and oxygen atoms in total. The highest BCUT2D eigenvalue weighted by atomic mass is 16.3. The fraction of sp³-hybridized carbons (Fsp3) is 0.0714. The highest BCUT2D eigenvalue weighted by Crippen LogP contribution is 2.26. The van der Waals surface area contributed by atoms with E-state index in [9.17, 15) is 10.2 Å². The van der Waals surface area contributed by atoms with E-state index in [2.05, 4.69) is 4.99 Å². The zero-order valence-corrected chi connectivity index (χ0v) is 9.24. The summed E-state index contributed by atoms with van der Waals surface area (Å²) in [5, 5.41) is 18.9. The Morgan fingerprint density at radius 2 is 1.71 bits per heavy atom. The minimum absolute atomic E-state index is 0.131. The summed E-state index contributed by atoms with van der Waals surface area (Å²) >= 11 is 0. The standard InChI is InChI=1S/C14H13NO2/c16-13-8-4-7-12(14(13)17)10-15-9-11-5-2-1-3-6-11/h1-8,10,16-17H,9H2. The average molecular weight is 227 g/mol. The molecule has 3 heteroatoms. The van der Waals surface area contributed by atoms with Gasteiger partial charge in [-0.1, -0.05) is 36.4 Å². The molecule has 0 aromatic heterocycles. The number of phenolic OH excluding ortho intramolecular Hbond substituents is 2. The van der Waals surface area contributed by atoms with Crippen LogP contribution < -0.4 is 0 Å². The number of phenols is 2. The maximum absolute atomic E-state index is 9.55. The van der Waals surface area contributed by atoms with Crippen LogP contribution in [0.15, 0.2) is 53.5 Å². The number of hydrogen-bond donors (Lipinski definition) is 2. The summed E-state index contributed by atoms with van der Waals surface area (Å²) in [6, 6.07) is 14.6. The van der Waals surface area contributed by atoms with Crippen LogP contribution in [0.4, 0.5) is 0 Å². The molecule has 2 aromatic rings. The predicted molar refractivity (Wildman–Crippen MR) is 67.5 cm³/mol. The van der Waals surface area contributed by atoms with Crippen LogP contribution in [0, 0.1) is 0 Å². The average Bonchev–Trinajstić information content (AvgIpc) is 2.36. The van der Waals surface area contributed by atoms with Gasteiger partial charge in [0.05, 0.1) is 6.54 Å². The Morgan fingerprint density at radius 3 is 2.47 bits per heavy atom. The molecule has 86 valence electrons. The summed E-state index contributed by atoms with van der Waals surface area (Å²) in [6.07, 6.45) is 1.56. The molecule has 0 spiro atoms. The predicted octanol–water partition coefficient (Wildman–Crippen LogP) is 2.72. The first-order valence-corrected chi connectivity index (χ1v) is 5.32. The first-order valence-electron chi connectivity index (χ1n) is 5.32. The lowest BCUT2D eigenvalue weighted by atomic mass is 10.2. The molecule has 0 unspecified atom stereocenters. The summed E-state index contributed by atoms with van der Waals surface area (Å²) in [5.41, 5.74) is 1.62. The van der Waals surface area contributed by atoms with Crippen LogP contribution in [0.2, 0.25) is 0 Å².